The molecule has 96 valence electrons. The minimum atomic E-state index is -0.336. The minimum Gasteiger partial charge on any atom is -0.387 e. The summed E-state index contributed by atoms with van der Waals surface area (Å²) in [5.74, 6) is 3.20. The minimum absolute atomic E-state index is 0.336. The first-order valence-electron chi connectivity index (χ1n) is 6.58. The number of thioether (sulfide) groups is 1. The van der Waals surface area contributed by atoms with Crippen LogP contribution in [0.3, 0.4) is 0 Å². The van der Waals surface area contributed by atoms with Crippen LogP contribution in [0.1, 0.15) is 44.4 Å². The summed E-state index contributed by atoms with van der Waals surface area (Å²) < 4.78 is 1.95. The van der Waals surface area contributed by atoms with Gasteiger partial charge in [-0.3, -0.25) is 4.68 Å². The Morgan fingerprint density at radius 2 is 2.29 bits per heavy atom. The molecule has 2 heterocycles. The lowest BCUT2D eigenvalue weighted by atomic mass is 9.94. The third kappa shape index (κ3) is 3.49. The van der Waals surface area contributed by atoms with E-state index in [1.807, 2.05) is 22.5 Å². The van der Waals surface area contributed by atoms with E-state index in [0.29, 0.717) is 5.92 Å². The van der Waals surface area contributed by atoms with Gasteiger partial charge in [0.1, 0.15) is 0 Å². The topological polar surface area (TPSA) is 38.0 Å². The fraction of sp³-hybridized carbons (Fsp3) is 0.769. The summed E-state index contributed by atoms with van der Waals surface area (Å²) in [6, 6.07) is 1.96. The molecule has 1 fully saturated rings. The number of aliphatic hydroxyl groups excluding tert-OH is 1. The Hall–Kier alpha value is -0.480. The zero-order valence-electron chi connectivity index (χ0n) is 10.5. The van der Waals surface area contributed by atoms with E-state index in [1.165, 1.54) is 24.3 Å². The number of aryl methyl sites for hydroxylation is 1. The molecule has 0 saturated carbocycles. The standard InChI is InChI=1S/C13H22N2OS/c1-2-7-15-12(3-6-14-15)13(16)10-11-4-8-17-9-5-11/h3,6,11,13,16H,2,4-5,7-10H2,1H3. The van der Waals surface area contributed by atoms with E-state index in [9.17, 15) is 5.11 Å². The third-order valence-corrected chi connectivity index (χ3v) is 4.47. The van der Waals surface area contributed by atoms with E-state index in [2.05, 4.69) is 12.0 Å². The molecule has 1 unspecified atom stereocenters. The summed E-state index contributed by atoms with van der Waals surface area (Å²) in [6.07, 6.45) is 5.92. The molecule has 1 atom stereocenters. The van der Waals surface area contributed by atoms with Crippen molar-refractivity contribution in [2.75, 3.05) is 11.5 Å². The van der Waals surface area contributed by atoms with Crippen molar-refractivity contribution in [3.05, 3.63) is 18.0 Å². The molecule has 1 N–H and O–H groups in total. The van der Waals surface area contributed by atoms with Crippen molar-refractivity contribution >= 4 is 11.8 Å². The van der Waals surface area contributed by atoms with Crippen molar-refractivity contribution in [1.82, 2.24) is 9.78 Å². The maximum atomic E-state index is 10.3. The van der Waals surface area contributed by atoms with Gasteiger partial charge in [0.15, 0.2) is 0 Å². The molecule has 3 nitrogen and oxygen atoms in total. The highest BCUT2D eigenvalue weighted by atomic mass is 32.2. The highest BCUT2D eigenvalue weighted by Crippen LogP contribution is 2.30. The first-order valence-corrected chi connectivity index (χ1v) is 7.74. The van der Waals surface area contributed by atoms with E-state index in [-0.39, 0.29) is 6.10 Å². The third-order valence-electron chi connectivity index (χ3n) is 3.42. The van der Waals surface area contributed by atoms with Gasteiger partial charge in [0.25, 0.3) is 0 Å². The Bertz CT molecular complexity index is 334. The predicted molar refractivity (Wildman–Crippen MR) is 72.1 cm³/mol. The lowest BCUT2D eigenvalue weighted by molar-refractivity contribution is 0.131. The van der Waals surface area contributed by atoms with Gasteiger partial charge in [-0.15, -0.1) is 0 Å². The van der Waals surface area contributed by atoms with Crippen molar-refractivity contribution in [3.8, 4) is 0 Å². The highest BCUT2D eigenvalue weighted by Gasteiger charge is 2.20. The van der Waals surface area contributed by atoms with Crippen LogP contribution in [0.15, 0.2) is 12.3 Å². The van der Waals surface area contributed by atoms with Crippen LogP contribution >= 0.6 is 11.8 Å². The monoisotopic (exact) mass is 254 g/mol. The van der Waals surface area contributed by atoms with Crippen molar-refractivity contribution in [2.24, 2.45) is 5.92 Å². The second-order valence-electron chi connectivity index (χ2n) is 4.79. The van der Waals surface area contributed by atoms with Gasteiger partial charge in [-0.25, -0.2) is 0 Å². The fourth-order valence-corrected chi connectivity index (χ4v) is 3.65. The van der Waals surface area contributed by atoms with Gasteiger partial charge in [0.2, 0.25) is 0 Å². The molecule has 17 heavy (non-hydrogen) atoms. The van der Waals surface area contributed by atoms with Gasteiger partial charge < -0.3 is 5.11 Å². The molecule has 0 amide bonds. The lowest BCUT2D eigenvalue weighted by Gasteiger charge is -2.24. The summed E-state index contributed by atoms with van der Waals surface area (Å²) in [6.45, 7) is 3.04. The first-order chi connectivity index (χ1) is 8.31. The molecule has 2 rings (SSSR count). The van der Waals surface area contributed by atoms with Crippen molar-refractivity contribution in [1.29, 1.82) is 0 Å². The number of aromatic nitrogens is 2. The molecule has 0 spiro atoms. The average molecular weight is 254 g/mol. The summed E-state index contributed by atoms with van der Waals surface area (Å²) in [5, 5.41) is 14.6. The number of hydrogen-bond acceptors (Lipinski definition) is 3. The van der Waals surface area contributed by atoms with Crippen LogP contribution in [-0.4, -0.2) is 26.4 Å². The van der Waals surface area contributed by atoms with E-state index >= 15 is 0 Å². The maximum absolute atomic E-state index is 10.3. The Morgan fingerprint density at radius 1 is 1.53 bits per heavy atom. The second kappa shape index (κ2) is 6.45. The van der Waals surface area contributed by atoms with Crippen LogP contribution < -0.4 is 0 Å². The van der Waals surface area contributed by atoms with Crippen LogP contribution in [0, 0.1) is 5.92 Å². The van der Waals surface area contributed by atoms with E-state index in [1.54, 1.807) is 6.20 Å². The summed E-state index contributed by atoms with van der Waals surface area (Å²) in [7, 11) is 0. The zero-order valence-corrected chi connectivity index (χ0v) is 11.3. The lowest BCUT2D eigenvalue weighted by Crippen LogP contribution is -2.16. The molecule has 1 aliphatic rings. The van der Waals surface area contributed by atoms with Crippen LogP contribution in [0.25, 0.3) is 0 Å². The van der Waals surface area contributed by atoms with E-state index in [4.69, 9.17) is 0 Å². The molecule has 1 saturated heterocycles. The normalized spacial score (nSPS) is 19.4. The molecule has 0 aliphatic carbocycles. The number of rotatable bonds is 5. The molecule has 0 aromatic carbocycles. The van der Waals surface area contributed by atoms with Crippen LogP contribution in [0.2, 0.25) is 0 Å². The molecule has 0 radical (unpaired) electrons. The smallest absolute Gasteiger partial charge is 0.0959 e. The Balaban J connectivity index is 1.93. The zero-order chi connectivity index (χ0) is 12.1. The van der Waals surface area contributed by atoms with Crippen LogP contribution in [0.4, 0.5) is 0 Å². The van der Waals surface area contributed by atoms with E-state index < -0.39 is 0 Å². The first kappa shape index (κ1) is 13.0. The Kier molecular flexibility index (Phi) is 4.92. The summed E-state index contributed by atoms with van der Waals surface area (Å²) in [4.78, 5) is 0. The Morgan fingerprint density at radius 3 is 3.00 bits per heavy atom. The fourth-order valence-electron chi connectivity index (χ4n) is 2.44. The maximum Gasteiger partial charge on any atom is 0.0959 e. The highest BCUT2D eigenvalue weighted by molar-refractivity contribution is 7.99. The summed E-state index contributed by atoms with van der Waals surface area (Å²) >= 11 is 2.04. The van der Waals surface area contributed by atoms with Gasteiger partial charge in [0.05, 0.1) is 11.8 Å². The molecule has 1 aromatic heterocycles. The SMILES string of the molecule is CCCn1nccc1C(O)CC1CCSCC1. The Labute approximate surface area is 108 Å². The second-order valence-corrected chi connectivity index (χ2v) is 6.01. The average Bonchev–Trinajstić information content (AvgIpc) is 2.79. The van der Waals surface area contributed by atoms with Gasteiger partial charge in [0, 0.05) is 12.7 Å². The molecule has 1 aliphatic heterocycles. The molecule has 0 bridgehead atoms. The quantitative estimate of drug-likeness (QED) is 0.878. The molecular formula is C13H22N2OS. The summed E-state index contributed by atoms with van der Waals surface area (Å²) in [5.41, 5.74) is 0.991. The number of aliphatic hydroxyl groups is 1. The van der Waals surface area contributed by atoms with Gasteiger partial charge >= 0.3 is 0 Å². The van der Waals surface area contributed by atoms with Crippen molar-refractivity contribution in [2.45, 2.75) is 45.3 Å². The van der Waals surface area contributed by atoms with Crippen molar-refractivity contribution < 1.29 is 5.11 Å². The van der Waals surface area contributed by atoms with Crippen molar-refractivity contribution in [3.63, 3.8) is 0 Å². The van der Waals surface area contributed by atoms with Gasteiger partial charge in [-0.1, -0.05) is 6.92 Å². The van der Waals surface area contributed by atoms with E-state index in [0.717, 1.165) is 25.1 Å². The molecule has 1 aromatic rings. The molecular weight excluding hydrogens is 232 g/mol. The number of hydrogen-bond donors (Lipinski definition) is 1. The largest absolute Gasteiger partial charge is 0.387 e. The predicted octanol–water partition coefficient (Wildman–Crippen LogP) is 2.86. The van der Waals surface area contributed by atoms with Gasteiger partial charge in [-0.2, -0.15) is 16.9 Å². The van der Waals surface area contributed by atoms with Gasteiger partial charge in [-0.05, 0) is 49.2 Å². The molecule has 4 heteroatoms. The van der Waals surface area contributed by atoms with Crippen LogP contribution in [-0.2, 0) is 6.54 Å². The van der Waals surface area contributed by atoms with Crippen LogP contribution in [0.5, 0.6) is 0 Å². The number of nitrogens with zero attached hydrogens (tertiary/aromatic N) is 2.